The fraction of sp³-hybridized carbons (Fsp3) is 0.714. The molecular formula is C14H23N3O2S. The van der Waals surface area contributed by atoms with Crippen LogP contribution in [0.25, 0.3) is 0 Å². The van der Waals surface area contributed by atoms with Crippen LogP contribution in [0, 0.1) is 13.8 Å². The molecule has 1 aliphatic carbocycles. The summed E-state index contributed by atoms with van der Waals surface area (Å²) in [6.07, 6.45) is 3.66. The largest absolute Gasteiger partial charge is 0.388 e. The number of amides is 2. The number of aliphatic hydroxyl groups is 1. The van der Waals surface area contributed by atoms with Gasteiger partial charge in [0.15, 0.2) is 0 Å². The van der Waals surface area contributed by atoms with Crippen molar-refractivity contribution in [2.24, 2.45) is 0 Å². The number of hydrogen-bond donors (Lipinski definition) is 2. The summed E-state index contributed by atoms with van der Waals surface area (Å²) in [6.45, 7) is 4.81. The van der Waals surface area contributed by atoms with Crippen LogP contribution in [-0.2, 0) is 6.54 Å². The van der Waals surface area contributed by atoms with Gasteiger partial charge in [-0.15, -0.1) is 11.3 Å². The molecule has 0 spiro atoms. The predicted molar refractivity (Wildman–Crippen MR) is 79.9 cm³/mol. The summed E-state index contributed by atoms with van der Waals surface area (Å²) in [4.78, 5) is 19.1. The molecule has 2 rings (SSSR count). The molecule has 1 fully saturated rings. The quantitative estimate of drug-likeness (QED) is 0.895. The summed E-state index contributed by atoms with van der Waals surface area (Å²) < 4.78 is 0. The van der Waals surface area contributed by atoms with E-state index >= 15 is 0 Å². The van der Waals surface area contributed by atoms with Gasteiger partial charge in [0.1, 0.15) is 0 Å². The molecule has 6 heteroatoms. The van der Waals surface area contributed by atoms with E-state index in [0.717, 1.165) is 41.3 Å². The number of thiazole rings is 1. The SMILES string of the molecule is Cc1nc(CNC(=O)N(C)CC2(O)CCCC2)c(C)s1. The monoisotopic (exact) mass is 297 g/mol. The van der Waals surface area contributed by atoms with Crippen molar-refractivity contribution in [3.05, 3.63) is 15.6 Å². The van der Waals surface area contributed by atoms with Gasteiger partial charge in [-0.25, -0.2) is 9.78 Å². The van der Waals surface area contributed by atoms with Gasteiger partial charge in [0.05, 0.1) is 29.4 Å². The van der Waals surface area contributed by atoms with E-state index in [1.807, 2.05) is 13.8 Å². The maximum Gasteiger partial charge on any atom is 0.317 e. The lowest BCUT2D eigenvalue weighted by Gasteiger charge is -2.28. The van der Waals surface area contributed by atoms with Gasteiger partial charge in [0.25, 0.3) is 0 Å². The third-order valence-corrected chi connectivity index (χ3v) is 4.75. The summed E-state index contributed by atoms with van der Waals surface area (Å²) in [7, 11) is 1.73. The minimum Gasteiger partial charge on any atom is -0.388 e. The number of nitrogens with zero attached hydrogens (tertiary/aromatic N) is 2. The van der Waals surface area contributed by atoms with Crippen molar-refractivity contribution < 1.29 is 9.90 Å². The molecule has 0 bridgehead atoms. The average Bonchev–Trinajstić information content (AvgIpc) is 2.92. The smallest absolute Gasteiger partial charge is 0.317 e. The lowest BCUT2D eigenvalue weighted by molar-refractivity contribution is 0.0247. The standard InChI is InChI=1S/C14H23N3O2S/c1-10-12(16-11(2)20-10)8-15-13(18)17(3)9-14(19)6-4-5-7-14/h19H,4-9H2,1-3H3,(H,15,18). The number of likely N-dealkylation sites (N-methyl/N-ethyl adjacent to an activating group) is 1. The Bertz CT molecular complexity index is 481. The Morgan fingerprint density at radius 2 is 2.10 bits per heavy atom. The molecule has 2 amide bonds. The van der Waals surface area contributed by atoms with E-state index in [4.69, 9.17) is 0 Å². The van der Waals surface area contributed by atoms with E-state index in [9.17, 15) is 9.90 Å². The van der Waals surface area contributed by atoms with Gasteiger partial charge >= 0.3 is 6.03 Å². The van der Waals surface area contributed by atoms with Crippen LogP contribution in [0.4, 0.5) is 4.79 Å². The molecule has 0 aromatic carbocycles. The lowest BCUT2D eigenvalue weighted by atomic mass is 10.0. The molecule has 0 aliphatic heterocycles. The number of carbonyl (C=O) groups excluding carboxylic acids is 1. The van der Waals surface area contributed by atoms with Crippen LogP contribution in [0.15, 0.2) is 0 Å². The fourth-order valence-corrected chi connectivity index (χ4v) is 3.57. The van der Waals surface area contributed by atoms with Crippen LogP contribution in [-0.4, -0.2) is 40.2 Å². The number of nitrogens with one attached hydrogen (secondary N) is 1. The zero-order valence-corrected chi connectivity index (χ0v) is 13.2. The van der Waals surface area contributed by atoms with Gasteiger partial charge in [-0.05, 0) is 26.7 Å². The fourth-order valence-electron chi connectivity index (χ4n) is 2.73. The minimum atomic E-state index is -0.695. The zero-order valence-electron chi connectivity index (χ0n) is 12.4. The molecule has 1 aromatic rings. The molecule has 1 heterocycles. The highest BCUT2D eigenvalue weighted by Gasteiger charge is 2.33. The van der Waals surface area contributed by atoms with E-state index in [0.29, 0.717) is 13.1 Å². The van der Waals surface area contributed by atoms with Crippen molar-refractivity contribution in [1.82, 2.24) is 15.2 Å². The summed E-state index contributed by atoms with van der Waals surface area (Å²) in [5.41, 5.74) is 0.230. The van der Waals surface area contributed by atoms with Crippen molar-refractivity contribution >= 4 is 17.4 Å². The van der Waals surface area contributed by atoms with Crippen LogP contribution in [0.5, 0.6) is 0 Å². The number of hydrogen-bond acceptors (Lipinski definition) is 4. The molecule has 0 saturated heterocycles. The van der Waals surface area contributed by atoms with Crippen molar-refractivity contribution in [3.63, 3.8) is 0 Å². The number of urea groups is 1. The first-order valence-electron chi connectivity index (χ1n) is 7.04. The third kappa shape index (κ3) is 3.70. The van der Waals surface area contributed by atoms with E-state index in [1.165, 1.54) is 0 Å². The van der Waals surface area contributed by atoms with Crippen LogP contribution >= 0.6 is 11.3 Å². The van der Waals surface area contributed by atoms with Gasteiger partial charge in [0.2, 0.25) is 0 Å². The third-order valence-electron chi connectivity index (χ3n) is 3.82. The zero-order chi connectivity index (χ0) is 14.8. The minimum absolute atomic E-state index is 0.157. The molecule has 0 unspecified atom stereocenters. The number of rotatable bonds is 4. The van der Waals surface area contributed by atoms with E-state index in [-0.39, 0.29) is 6.03 Å². The molecule has 20 heavy (non-hydrogen) atoms. The Balaban J connectivity index is 1.83. The van der Waals surface area contributed by atoms with Crippen molar-refractivity contribution in [2.75, 3.05) is 13.6 Å². The van der Waals surface area contributed by atoms with Gasteiger partial charge < -0.3 is 15.3 Å². The Morgan fingerprint density at radius 3 is 2.65 bits per heavy atom. The molecule has 0 radical (unpaired) electrons. The molecule has 1 aromatic heterocycles. The molecule has 5 nitrogen and oxygen atoms in total. The Labute approximate surface area is 124 Å². The molecular weight excluding hydrogens is 274 g/mol. The van der Waals surface area contributed by atoms with Gasteiger partial charge in [-0.3, -0.25) is 0 Å². The molecule has 112 valence electrons. The topological polar surface area (TPSA) is 65.5 Å². The normalized spacial score (nSPS) is 17.2. The summed E-state index contributed by atoms with van der Waals surface area (Å²) in [6, 6.07) is -0.157. The predicted octanol–water partition coefficient (Wildman–Crippen LogP) is 2.21. The van der Waals surface area contributed by atoms with Crippen LogP contribution in [0.2, 0.25) is 0 Å². The van der Waals surface area contributed by atoms with Gasteiger partial charge in [-0.2, -0.15) is 0 Å². The van der Waals surface area contributed by atoms with Crippen LogP contribution in [0.1, 0.15) is 41.3 Å². The first-order valence-corrected chi connectivity index (χ1v) is 7.85. The highest BCUT2D eigenvalue weighted by atomic mass is 32.1. The van der Waals surface area contributed by atoms with Crippen molar-refractivity contribution in [1.29, 1.82) is 0 Å². The maximum atomic E-state index is 12.0. The summed E-state index contributed by atoms with van der Waals surface area (Å²) in [5, 5.41) is 14.2. The Morgan fingerprint density at radius 1 is 1.45 bits per heavy atom. The van der Waals surface area contributed by atoms with Crippen LogP contribution in [0.3, 0.4) is 0 Å². The van der Waals surface area contributed by atoms with Gasteiger partial charge in [-0.1, -0.05) is 12.8 Å². The van der Waals surface area contributed by atoms with E-state index < -0.39 is 5.60 Å². The second-order valence-corrected chi connectivity index (χ2v) is 7.09. The first-order chi connectivity index (χ1) is 9.39. The number of aromatic nitrogens is 1. The Hall–Kier alpha value is -1.14. The maximum absolute atomic E-state index is 12.0. The molecule has 1 saturated carbocycles. The van der Waals surface area contributed by atoms with E-state index in [1.54, 1.807) is 23.3 Å². The van der Waals surface area contributed by atoms with Gasteiger partial charge in [0, 0.05) is 11.9 Å². The summed E-state index contributed by atoms with van der Waals surface area (Å²) >= 11 is 1.64. The average molecular weight is 297 g/mol. The number of aryl methyl sites for hydroxylation is 2. The highest BCUT2D eigenvalue weighted by Crippen LogP contribution is 2.29. The second kappa shape index (κ2) is 6.10. The van der Waals surface area contributed by atoms with Crippen LogP contribution < -0.4 is 5.32 Å². The second-order valence-electron chi connectivity index (χ2n) is 5.68. The molecule has 1 aliphatic rings. The molecule has 2 N–H and O–H groups in total. The first kappa shape index (κ1) is 15.3. The lowest BCUT2D eigenvalue weighted by Crippen LogP contribution is -2.46. The van der Waals surface area contributed by atoms with Crippen molar-refractivity contribution in [3.8, 4) is 0 Å². The molecule has 0 atom stereocenters. The number of carbonyl (C=O) groups is 1. The van der Waals surface area contributed by atoms with E-state index in [2.05, 4.69) is 10.3 Å². The summed E-state index contributed by atoms with van der Waals surface area (Å²) in [5.74, 6) is 0. The highest BCUT2D eigenvalue weighted by molar-refractivity contribution is 7.11. The van der Waals surface area contributed by atoms with Crippen molar-refractivity contribution in [2.45, 2.75) is 51.7 Å². The Kier molecular flexibility index (Phi) is 4.65.